The Bertz CT molecular complexity index is 470. The summed E-state index contributed by atoms with van der Waals surface area (Å²) in [5.41, 5.74) is 7.10. The zero-order chi connectivity index (χ0) is 15.9. The Hall–Kier alpha value is -1.78. The number of hydrogen-bond acceptors (Lipinski definition) is 3. The standard InChI is InChI=1S/C17H29N5/c1-4-21(5-2)17(18)20-13-15-6-7-16(19-12-15)22-10-8-14(3)9-11-22/h6-7,12,14H,4-5,8-11,13H2,1-3H3,(H2,18,20). The fourth-order valence-electron chi connectivity index (χ4n) is 2.75. The second kappa shape index (κ2) is 8.01. The first-order valence-corrected chi connectivity index (χ1v) is 8.38. The number of anilines is 1. The largest absolute Gasteiger partial charge is 0.370 e. The summed E-state index contributed by atoms with van der Waals surface area (Å²) in [5.74, 6) is 2.53. The third-order valence-electron chi connectivity index (χ3n) is 4.43. The van der Waals surface area contributed by atoms with Crippen molar-refractivity contribution in [2.24, 2.45) is 16.6 Å². The van der Waals surface area contributed by atoms with Gasteiger partial charge in [0.25, 0.3) is 0 Å². The first kappa shape index (κ1) is 16.6. The summed E-state index contributed by atoms with van der Waals surface area (Å²) in [5, 5.41) is 0. The third-order valence-corrected chi connectivity index (χ3v) is 4.43. The van der Waals surface area contributed by atoms with Crippen molar-refractivity contribution in [1.29, 1.82) is 0 Å². The van der Waals surface area contributed by atoms with E-state index < -0.39 is 0 Å². The van der Waals surface area contributed by atoms with Crippen molar-refractivity contribution >= 4 is 11.8 Å². The highest BCUT2D eigenvalue weighted by Crippen LogP contribution is 2.21. The van der Waals surface area contributed by atoms with E-state index in [0.29, 0.717) is 12.5 Å². The average Bonchev–Trinajstić information content (AvgIpc) is 2.55. The topological polar surface area (TPSA) is 57.8 Å². The SMILES string of the molecule is CCN(CC)C(N)=NCc1ccc(N2CCC(C)CC2)nc1. The van der Waals surface area contributed by atoms with Gasteiger partial charge in [0.1, 0.15) is 5.82 Å². The van der Waals surface area contributed by atoms with Crippen molar-refractivity contribution in [1.82, 2.24) is 9.88 Å². The predicted octanol–water partition coefficient (Wildman–Crippen LogP) is 2.47. The molecule has 0 aromatic carbocycles. The number of piperidine rings is 1. The van der Waals surface area contributed by atoms with Crippen LogP contribution in [0.2, 0.25) is 0 Å². The highest BCUT2D eigenvalue weighted by Gasteiger charge is 2.16. The third kappa shape index (κ3) is 4.36. The zero-order valence-electron chi connectivity index (χ0n) is 14.1. The molecule has 1 aliphatic rings. The Morgan fingerprint density at radius 2 is 2.00 bits per heavy atom. The molecule has 122 valence electrons. The lowest BCUT2D eigenvalue weighted by Gasteiger charge is -2.31. The molecule has 1 aromatic heterocycles. The number of nitrogens with two attached hydrogens (primary N) is 1. The van der Waals surface area contributed by atoms with Gasteiger partial charge in [-0.3, -0.25) is 0 Å². The van der Waals surface area contributed by atoms with Crippen LogP contribution in [0.4, 0.5) is 5.82 Å². The molecule has 0 radical (unpaired) electrons. The Morgan fingerprint density at radius 1 is 1.32 bits per heavy atom. The minimum atomic E-state index is 0.590. The molecule has 1 aromatic rings. The van der Waals surface area contributed by atoms with Crippen molar-refractivity contribution in [2.45, 2.75) is 40.2 Å². The lowest BCUT2D eigenvalue weighted by molar-refractivity contribution is 0.436. The van der Waals surface area contributed by atoms with Gasteiger partial charge < -0.3 is 15.5 Å². The van der Waals surface area contributed by atoms with Gasteiger partial charge in [-0.05, 0) is 44.2 Å². The van der Waals surface area contributed by atoms with E-state index in [1.807, 2.05) is 6.20 Å². The normalized spacial score (nSPS) is 16.9. The number of aliphatic imine (C=N–C) groups is 1. The van der Waals surface area contributed by atoms with Gasteiger partial charge in [0.2, 0.25) is 0 Å². The number of pyridine rings is 1. The minimum Gasteiger partial charge on any atom is -0.370 e. The summed E-state index contributed by atoms with van der Waals surface area (Å²) >= 11 is 0. The fourth-order valence-corrected chi connectivity index (χ4v) is 2.75. The Morgan fingerprint density at radius 3 is 2.55 bits per heavy atom. The van der Waals surface area contributed by atoms with Gasteiger partial charge in [-0.15, -0.1) is 0 Å². The highest BCUT2D eigenvalue weighted by atomic mass is 15.2. The Labute approximate surface area is 134 Å². The molecule has 0 unspecified atom stereocenters. The average molecular weight is 303 g/mol. The summed E-state index contributed by atoms with van der Waals surface area (Å²) in [6, 6.07) is 4.22. The van der Waals surface area contributed by atoms with Crippen LogP contribution in [0.5, 0.6) is 0 Å². The van der Waals surface area contributed by atoms with E-state index in [-0.39, 0.29) is 0 Å². The summed E-state index contributed by atoms with van der Waals surface area (Å²) in [7, 11) is 0. The summed E-state index contributed by atoms with van der Waals surface area (Å²) < 4.78 is 0. The molecular weight excluding hydrogens is 274 g/mol. The van der Waals surface area contributed by atoms with Gasteiger partial charge >= 0.3 is 0 Å². The van der Waals surface area contributed by atoms with Gasteiger partial charge in [-0.1, -0.05) is 13.0 Å². The van der Waals surface area contributed by atoms with E-state index in [2.05, 4.69) is 52.7 Å². The summed E-state index contributed by atoms with van der Waals surface area (Å²) in [6.07, 6.45) is 4.44. The van der Waals surface area contributed by atoms with Crippen molar-refractivity contribution in [3.8, 4) is 0 Å². The van der Waals surface area contributed by atoms with Crippen LogP contribution in [-0.2, 0) is 6.54 Å². The van der Waals surface area contributed by atoms with Crippen molar-refractivity contribution < 1.29 is 0 Å². The van der Waals surface area contributed by atoms with E-state index >= 15 is 0 Å². The zero-order valence-corrected chi connectivity index (χ0v) is 14.1. The molecule has 2 rings (SSSR count). The monoisotopic (exact) mass is 303 g/mol. The van der Waals surface area contributed by atoms with Crippen LogP contribution in [0, 0.1) is 5.92 Å². The molecule has 1 aliphatic heterocycles. The smallest absolute Gasteiger partial charge is 0.191 e. The molecule has 5 nitrogen and oxygen atoms in total. The lowest BCUT2D eigenvalue weighted by Crippen LogP contribution is -2.37. The quantitative estimate of drug-likeness (QED) is 0.670. The maximum absolute atomic E-state index is 5.99. The van der Waals surface area contributed by atoms with Crippen LogP contribution in [0.3, 0.4) is 0 Å². The van der Waals surface area contributed by atoms with Gasteiger partial charge in [-0.2, -0.15) is 0 Å². The van der Waals surface area contributed by atoms with Gasteiger partial charge in [0.15, 0.2) is 5.96 Å². The minimum absolute atomic E-state index is 0.590. The summed E-state index contributed by atoms with van der Waals surface area (Å²) in [6.45, 7) is 11.1. The molecule has 0 bridgehead atoms. The molecule has 5 heteroatoms. The van der Waals surface area contributed by atoms with E-state index in [9.17, 15) is 0 Å². The first-order valence-electron chi connectivity index (χ1n) is 8.38. The van der Waals surface area contributed by atoms with Crippen LogP contribution in [0.15, 0.2) is 23.3 Å². The van der Waals surface area contributed by atoms with E-state index in [4.69, 9.17) is 5.73 Å². The maximum Gasteiger partial charge on any atom is 0.191 e. The van der Waals surface area contributed by atoms with Crippen LogP contribution in [-0.4, -0.2) is 42.0 Å². The lowest BCUT2D eigenvalue weighted by atomic mass is 9.99. The highest BCUT2D eigenvalue weighted by molar-refractivity contribution is 5.78. The maximum atomic E-state index is 5.99. The second-order valence-corrected chi connectivity index (χ2v) is 6.04. The van der Waals surface area contributed by atoms with Crippen molar-refractivity contribution in [2.75, 3.05) is 31.1 Å². The molecule has 0 amide bonds. The molecule has 0 spiro atoms. The molecule has 1 saturated heterocycles. The van der Waals surface area contributed by atoms with Gasteiger partial charge in [-0.25, -0.2) is 9.98 Å². The van der Waals surface area contributed by atoms with Gasteiger partial charge in [0.05, 0.1) is 6.54 Å². The number of nitrogens with zero attached hydrogens (tertiary/aromatic N) is 4. The predicted molar refractivity (Wildman–Crippen MR) is 93.1 cm³/mol. The molecule has 0 saturated carbocycles. The Balaban J connectivity index is 1.93. The number of rotatable bonds is 5. The first-order chi connectivity index (χ1) is 10.6. The van der Waals surface area contributed by atoms with Gasteiger partial charge in [0, 0.05) is 32.4 Å². The molecule has 0 atom stereocenters. The molecule has 2 N–H and O–H groups in total. The van der Waals surface area contributed by atoms with E-state index in [0.717, 1.165) is 43.5 Å². The van der Waals surface area contributed by atoms with Crippen LogP contribution < -0.4 is 10.6 Å². The van der Waals surface area contributed by atoms with Crippen LogP contribution in [0.1, 0.15) is 39.2 Å². The fraction of sp³-hybridized carbons (Fsp3) is 0.647. The molecular formula is C17H29N5. The second-order valence-electron chi connectivity index (χ2n) is 6.04. The van der Waals surface area contributed by atoms with E-state index in [1.165, 1.54) is 12.8 Å². The number of guanidine groups is 1. The molecule has 0 aliphatic carbocycles. The number of hydrogen-bond donors (Lipinski definition) is 1. The van der Waals surface area contributed by atoms with Crippen LogP contribution in [0.25, 0.3) is 0 Å². The van der Waals surface area contributed by atoms with Crippen molar-refractivity contribution in [3.63, 3.8) is 0 Å². The van der Waals surface area contributed by atoms with E-state index in [1.54, 1.807) is 0 Å². The Kier molecular flexibility index (Phi) is 6.04. The molecule has 22 heavy (non-hydrogen) atoms. The number of aromatic nitrogens is 1. The molecule has 1 fully saturated rings. The molecule has 2 heterocycles. The van der Waals surface area contributed by atoms with Crippen molar-refractivity contribution in [3.05, 3.63) is 23.9 Å². The van der Waals surface area contributed by atoms with Crippen LogP contribution >= 0.6 is 0 Å². The summed E-state index contributed by atoms with van der Waals surface area (Å²) in [4.78, 5) is 13.5.